The molecule has 0 saturated carbocycles. The molecular formula is C25H39N3Ti. The summed E-state index contributed by atoms with van der Waals surface area (Å²) in [6, 6.07) is 19.3. The molecule has 3 rings (SSSR count). The molecule has 0 fully saturated rings. The minimum Gasteiger partial charge on any atom is -0.663 e. The van der Waals surface area contributed by atoms with Crippen LogP contribution < -0.4 is 0 Å². The molecule has 29 heavy (non-hydrogen) atoms. The molecule has 0 bridgehead atoms. The second kappa shape index (κ2) is 21.6. The van der Waals surface area contributed by atoms with E-state index in [0.29, 0.717) is 0 Å². The van der Waals surface area contributed by atoms with Crippen molar-refractivity contribution in [3.05, 3.63) is 70.5 Å². The van der Waals surface area contributed by atoms with Crippen molar-refractivity contribution < 1.29 is 21.7 Å². The van der Waals surface area contributed by atoms with Crippen LogP contribution in [-0.2, 0) is 21.7 Å². The van der Waals surface area contributed by atoms with Crippen molar-refractivity contribution >= 4 is 21.5 Å². The third-order valence-electron chi connectivity index (χ3n) is 3.86. The van der Waals surface area contributed by atoms with Crippen molar-refractivity contribution in [1.82, 2.24) is 0 Å². The maximum Gasteiger partial charge on any atom is 4.00 e. The van der Waals surface area contributed by atoms with E-state index in [1.165, 1.54) is 21.5 Å². The minimum atomic E-state index is 0. The Labute approximate surface area is 194 Å². The van der Waals surface area contributed by atoms with Crippen LogP contribution in [-0.4, -0.2) is 39.3 Å². The van der Waals surface area contributed by atoms with Gasteiger partial charge in [-0.05, 0) is 0 Å². The van der Waals surface area contributed by atoms with Crippen molar-refractivity contribution in [3.63, 3.8) is 0 Å². The van der Waals surface area contributed by atoms with Crippen LogP contribution in [0.3, 0.4) is 0 Å². The van der Waals surface area contributed by atoms with Gasteiger partial charge in [-0.25, -0.2) is 0 Å². The summed E-state index contributed by atoms with van der Waals surface area (Å²) in [6.07, 6.45) is 0. The normalized spacial score (nSPS) is 9.31. The van der Waals surface area contributed by atoms with Gasteiger partial charge in [0.2, 0.25) is 0 Å². The summed E-state index contributed by atoms with van der Waals surface area (Å²) in [5.41, 5.74) is 0. The minimum absolute atomic E-state index is 0. The Bertz CT molecular complexity index is 639. The van der Waals surface area contributed by atoms with E-state index in [2.05, 4.69) is 70.5 Å². The van der Waals surface area contributed by atoms with Crippen LogP contribution in [0.2, 0.25) is 0 Å². The molecule has 158 valence electrons. The zero-order valence-corrected chi connectivity index (χ0v) is 20.8. The van der Waals surface area contributed by atoms with Gasteiger partial charge in [-0.2, -0.15) is 39.3 Å². The Kier molecular flexibility index (Phi) is 22.4. The monoisotopic (exact) mass is 429 g/mol. The van der Waals surface area contributed by atoms with E-state index < -0.39 is 0 Å². The Balaban J connectivity index is 0. The van der Waals surface area contributed by atoms with Crippen LogP contribution in [0.1, 0.15) is 41.5 Å². The largest absolute Gasteiger partial charge is 4.00 e. The predicted molar refractivity (Wildman–Crippen MR) is 130 cm³/mol. The number of benzene rings is 2. The molecule has 0 radical (unpaired) electrons. The summed E-state index contributed by atoms with van der Waals surface area (Å²) >= 11 is 0. The molecule has 0 aromatic heterocycles. The quantitative estimate of drug-likeness (QED) is 0.282. The second-order valence-electron chi connectivity index (χ2n) is 5.89. The van der Waals surface area contributed by atoms with E-state index >= 15 is 0 Å². The molecule has 0 aliphatic carbocycles. The number of rotatable bonds is 6. The molecule has 0 N–H and O–H groups in total. The first-order valence-corrected chi connectivity index (χ1v) is 10.6. The number of fused-ring (bicyclic) bond motifs is 3. The zero-order chi connectivity index (χ0) is 21.0. The van der Waals surface area contributed by atoms with Gasteiger partial charge in [-0.15, -0.1) is 39.7 Å². The fourth-order valence-corrected chi connectivity index (χ4v) is 2.57. The van der Waals surface area contributed by atoms with Gasteiger partial charge in [0.25, 0.3) is 0 Å². The molecule has 3 aromatic carbocycles. The van der Waals surface area contributed by atoms with Crippen LogP contribution in [0.15, 0.2) is 54.6 Å². The van der Waals surface area contributed by atoms with E-state index in [-0.39, 0.29) is 21.7 Å². The average Bonchev–Trinajstić information content (AvgIpc) is 3.10. The Hall–Kier alpha value is -1.10. The molecular weight excluding hydrogens is 390 g/mol. The fourth-order valence-electron chi connectivity index (χ4n) is 2.57. The van der Waals surface area contributed by atoms with Crippen molar-refractivity contribution in [2.24, 2.45) is 0 Å². The first-order valence-electron chi connectivity index (χ1n) is 10.6. The summed E-state index contributed by atoms with van der Waals surface area (Å²) in [4.78, 5) is 0. The first kappa shape index (κ1) is 30.1. The van der Waals surface area contributed by atoms with Crippen molar-refractivity contribution in [1.29, 1.82) is 0 Å². The van der Waals surface area contributed by atoms with Gasteiger partial charge in [-0.3, -0.25) is 0 Å². The smallest absolute Gasteiger partial charge is 0.663 e. The van der Waals surface area contributed by atoms with Crippen molar-refractivity contribution in [3.8, 4) is 0 Å². The summed E-state index contributed by atoms with van der Waals surface area (Å²) in [5, 5.41) is 17.3. The zero-order valence-electron chi connectivity index (χ0n) is 19.3. The molecule has 0 atom stereocenters. The van der Waals surface area contributed by atoms with E-state index in [4.69, 9.17) is 0 Å². The molecule has 3 aromatic rings. The van der Waals surface area contributed by atoms with Gasteiger partial charge in [-0.1, -0.05) is 77.9 Å². The van der Waals surface area contributed by atoms with E-state index in [1.807, 2.05) is 41.5 Å². The summed E-state index contributed by atoms with van der Waals surface area (Å²) in [7, 11) is 0. The molecule has 4 heteroatoms. The fraction of sp³-hybridized carbons (Fsp3) is 0.480. The standard InChI is InChI=1S/C13H9.3C4H10N.Ti/c1-3-7-12-10(5-1)9-11-6-2-4-8-13(11)12;3*1-3-5-4-2;/h1-9H;3*3-4H2,1-2H3;/q4*-1;+4. The number of nitrogens with zero attached hydrogens (tertiary/aromatic N) is 3. The van der Waals surface area contributed by atoms with Crippen LogP contribution in [0.25, 0.3) is 37.5 Å². The van der Waals surface area contributed by atoms with Gasteiger partial charge in [0.15, 0.2) is 0 Å². The molecule has 3 nitrogen and oxygen atoms in total. The van der Waals surface area contributed by atoms with Crippen LogP contribution in [0.5, 0.6) is 0 Å². The van der Waals surface area contributed by atoms with Gasteiger partial charge in [0.05, 0.1) is 0 Å². The summed E-state index contributed by atoms with van der Waals surface area (Å²) < 4.78 is 0. The first-order chi connectivity index (χ1) is 13.7. The summed E-state index contributed by atoms with van der Waals surface area (Å²) in [5.74, 6) is 0. The Morgan fingerprint density at radius 1 is 0.517 bits per heavy atom. The van der Waals surface area contributed by atoms with E-state index in [9.17, 15) is 0 Å². The molecule has 0 heterocycles. The van der Waals surface area contributed by atoms with Crippen molar-refractivity contribution in [2.45, 2.75) is 41.5 Å². The maximum absolute atomic E-state index is 3.97. The van der Waals surface area contributed by atoms with Gasteiger partial charge >= 0.3 is 21.7 Å². The molecule has 0 amide bonds. The van der Waals surface area contributed by atoms with E-state index in [1.54, 1.807) is 0 Å². The topological polar surface area (TPSA) is 42.3 Å². The third kappa shape index (κ3) is 13.7. The molecule has 0 unspecified atom stereocenters. The Morgan fingerprint density at radius 3 is 1.03 bits per heavy atom. The Morgan fingerprint density at radius 2 is 0.793 bits per heavy atom. The maximum atomic E-state index is 3.97. The number of hydrogen-bond donors (Lipinski definition) is 0. The van der Waals surface area contributed by atoms with E-state index in [0.717, 1.165) is 39.3 Å². The molecule has 0 aliphatic rings. The van der Waals surface area contributed by atoms with Gasteiger partial charge in [0, 0.05) is 0 Å². The number of hydrogen-bond acceptors (Lipinski definition) is 0. The molecule has 0 aliphatic heterocycles. The van der Waals surface area contributed by atoms with Crippen LogP contribution >= 0.6 is 0 Å². The van der Waals surface area contributed by atoms with Crippen molar-refractivity contribution in [2.75, 3.05) is 39.3 Å². The third-order valence-corrected chi connectivity index (χ3v) is 3.86. The molecule has 0 spiro atoms. The summed E-state index contributed by atoms with van der Waals surface area (Å²) in [6.45, 7) is 18.1. The van der Waals surface area contributed by atoms with Gasteiger partial charge < -0.3 is 16.0 Å². The van der Waals surface area contributed by atoms with Crippen LogP contribution in [0.4, 0.5) is 0 Å². The second-order valence-corrected chi connectivity index (χ2v) is 5.89. The predicted octanol–water partition coefficient (Wildman–Crippen LogP) is 7.91. The average molecular weight is 429 g/mol. The van der Waals surface area contributed by atoms with Crippen LogP contribution in [0, 0.1) is 0 Å². The molecule has 0 saturated heterocycles. The SMILES string of the molecule is CC[N-]CC.CC[N-]CC.CC[N-]CC.[Ti+4].c1ccc2c(c1)[cH-]c1ccccc12. The van der Waals surface area contributed by atoms with Gasteiger partial charge in [0.1, 0.15) is 0 Å².